The maximum Gasteiger partial charge on any atom is 0.251 e. The highest BCUT2D eigenvalue weighted by atomic mass is 35.5. The molecule has 24 heavy (non-hydrogen) atoms. The first kappa shape index (κ1) is 17.8. The summed E-state index contributed by atoms with van der Waals surface area (Å²) in [6, 6.07) is 14.1. The van der Waals surface area contributed by atoms with Crippen molar-refractivity contribution >= 4 is 23.4 Å². The molecule has 2 amide bonds. The van der Waals surface area contributed by atoms with E-state index in [2.05, 4.69) is 17.2 Å². The lowest BCUT2D eigenvalue weighted by Crippen LogP contribution is -2.27. The van der Waals surface area contributed by atoms with Gasteiger partial charge in [0.2, 0.25) is 0 Å². The van der Waals surface area contributed by atoms with Crippen LogP contribution in [0.25, 0.3) is 0 Å². The summed E-state index contributed by atoms with van der Waals surface area (Å²) in [6.07, 6.45) is 2.29. The van der Waals surface area contributed by atoms with E-state index < -0.39 is 0 Å². The van der Waals surface area contributed by atoms with E-state index in [0.29, 0.717) is 35.7 Å². The smallest absolute Gasteiger partial charge is 0.251 e. The van der Waals surface area contributed by atoms with Crippen molar-refractivity contribution in [3.8, 4) is 0 Å². The molecule has 0 heterocycles. The fraction of sp³-hybridized carbons (Fsp3) is 0.158. The number of hydrogen-bond donors (Lipinski definition) is 2. The van der Waals surface area contributed by atoms with Gasteiger partial charge in [0.05, 0.1) is 0 Å². The van der Waals surface area contributed by atoms with Gasteiger partial charge >= 0.3 is 0 Å². The monoisotopic (exact) mass is 342 g/mol. The average Bonchev–Trinajstić information content (AvgIpc) is 2.59. The Morgan fingerprint density at radius 3 is 2.33 bits per heavy atom. The van der Waals surface area contributed by atoms with Crippen molar-refractivity contribution in [1.29, 1.82) is 0 Å². The van der Waals surface area contributed by atoms with Crippen LogP contribution in [-0.2, 0) is 6.42 Å². The van der Waals surface area contributed by atoms with Crippen LogP contribution in [0.4, 0.5) is 0 Å². The number of carbonyl (C=O) groups is 2. The van der Waals surface area contributed by atoms with Gasteiger partial charge in [-0.1, -0.05) is 35.9 Å². The normalized spacial score (nSPS) is 10.0. The Morgan fingerprint density at radius 1 is 1.00 bits per heavy atom. The fourth-order valence-electron chi connectivity index (χ4n) is 2.18. The molecule has 0 bridgehead atoms. The summed E-state index contributed by atoms with van der Waals surface area (Å²) in [5, 5.41) is 6.21. The molecule has 0 radical (unpaired) electrons. The van der Waals surface area contributed by atoms with Crippen LogP contribution in [0.15, 0.2) is 61.2 Å². The number of carbonyl (C=O) groups excluding carboxylic acids is 2. The minimum absolute atomic E-state index is 0.213. The molecule has 2 aromatic carbocycles. The lowest BCUT2D eigenvalue weighted by Gasteiger charge is -2.07. The lowest BCUT2D eigenvalue weighted by atomic mass is 10.1. The van der Waals surface area contributed by atoms with E-state index in [1.165, 1.54) is 0 Å². The van der Waals surface area contributed by atoms with Gasteiger partial charge in [0.25, 0.3) is 11.8 Å². The van der Waals surface area contributed by atoms with Crippen molar-refractivity contribution in [1.82, 2.24) is 10.6 Å². The average molecular weight is 343 g/mol. The molecule has 0 fully saturated rings. The number of rotatable bonds is 7. The van der Waals surface area contributed by atoms with Gasteiger partial charge in [0, 0.05) is 29.2 Å². The molecule has 0 aromatic heterocycles. The van der Waals surface area contributed by atoms with Crippen molar-refractivity contribution in [2.45, 2.75) is 6.42 Å². The summed E-state index contributed by atoms with van der Waals surface area (Å²) in [7, 11) is 0. The van der Waals surface area contributed by atoms with Gasteiger partial charge in [-0.3, -0.25) is 9.59 Å². The number of amides is 2. The third kappa shape index (κ3) is 5.25. The third-order valence-electron chi connectivity index (χ3n) is 3.38. The quantitative estimate of drug-likeness (QED) is 0.759. The van der Waals surface area contributed by atoms with E-state index in [-0.39, 0.29) is 11.8 Å². The molecule has 0 saturated heterocycles. The molecule has 0 atom stereocenters. The van der Waals surface area contributed by atoms with Crippen LogP contribution < -0.4 is 10.6 Å². The Labute approximate surface area is 146 Å². The van der Waals surface area contributed by atoms with Gasteiger partial charge in [-0.15, -0.1) is 6.58 Å². The van der Waals surface area contributed by atoms with Crippen molar-refractivity contribution < 1.29 is 9.59 Å². The van der Waals surface area contributed by atoms with Crippen LogP contribution in [0.2, 0.25) is 5.02 Å². The highest BCUT2D eigenvalue weighted by molar-refractivity contribution is 6.30. The van der Waals surface area contributed by atoms with E-state index in [1.807, 2.05) is 24.3 Å². The Bertz CT molecular complexity index is 744. The van der Waals surface area contributed by atoms with Crippen LogP contribution in [0.1, 0.15) is 26.3 Å². The molecule has 4 nitrogen and oxygen atoms in total. The van der Waals surface area contributed by atoms with Crippen molar-refractivity contribution in [3.05, 3.63) is 82.9 Å². The Kier molecular flexibility index (Phi) is 6.58. The maximum atomic E-state index is 12.2. The topological polar surface area (TPSA) is 58.2 Å². The van der Waals surface area contributed by atoms with Crippen LogP contribution in [-0.4, -0.2) is 24.9 Å². The highest BCUT2D eigenvalue weighted by Gasteiger charge is 2.09. The molecule has 2 aromatic rings. The van der Waals surface area contributed by atoms with E-state index in [4.69, 9.17) is 11.6 Å². The molecule has 2 rings (SSSR count). The third-order valence-corrected chi connectivity index (χ3v) is 3.62. The van der Waals surface area contributed by atoms with Crippen LogP contribution in [0.3, 0.4) is 0 Å². The standard InChI is InChI=1S/C19H19ClN2O2/c1-2-10-21-18(23)15-6-4-7-16(13-15)19(24)22-11-9-14-5-3-8-17(20)12-14/h2-8,12-13H,1,9-11H2,(H,21,23)(H,22,24). The number of halogens is 1. The molecule has 124 valence electrons. The largest absolute Gasteiger partial charge is 0.352 e. The minimum atomic E-state index is -0.233. The zero-order chi connectivity index (χ0) is 17.4. The van der Waals surface area contributed by atoms with Crippen LogP contribution in [0, 0.1) is 0 Å². The summed E-state index contributed by atoms with van der Waals surface area (Å²) in [5.74, 6) is -0.445. The zero-order valence-electron chi connectivity index (χ0n) is 13.2. The molecule has 0 aliphatic heterocycles. The molecule has 0 aliphatic rings. The molecule has 0 saturated carbocycles. The zero-order valence-corrected chi connectivity index (χ0v) is 14.0. The van der Waals surface area contributed by atoms with E-state index >= 15 is 0 Å². The summed E-state index contributed by atoms with van der Waals surface area (Å²) in [6.45, 7) is 4.43. The summed E-state index contributed by atoms with van der Waals surface area (Å²) in [4.78, 5) is 24.1. The molecule has 0 spiro atoms. The van der Waals surface area contributed by atoms with Crippen LogP contribution >= 0.6 is 11.6 Å². The van der Waals surface area contributed by atoms with E-state index in [9.17, 15) is 9.59 Å². The first-order valence-corrected chi connectivity index (χ1v) is 8.00. The van der Waals surface area contributed by atoms with Crippen molar-refractivity contribution in [2.24, 2.45) is 0 Å². The van der Waals surface area contributed by atoms with E-state index in [0.717, 1.165) is 5.56 Å². The number of hydrogen-bond acceptors (Lipinski definition) is 2. The maximum absolute atomic E-state index is 12.2. The molecule has 0 aliphatic carbocycles. The van der Waals surface area contributed by atoms with Gasteiger partial charge in [0.1, 0.15) is 0 Å². The Balaban J connectivity index is 1.92. The Hall–Kier alpha value is -2.59. The molecule has 0 unspecified atom stereocenters. The fourth-order valence-corrected chi connectivity index (χ4v) is 2.40. The van der Waals surface area contributed by atoms with E-state index in [1.54, 1.807) is 30.3 Å². The molecule has 2 N–H and O–H groups in total. The van der Waals surface area contributed by atoms with Gasteiger partial charge in [-0.05, 0) is 42.3 Å². The summed E-state index contributed by atoms with van der Waals surface area (Å²) < 4.78 is 0. The Morgan fingerprint density at radius 2 is 1.67 bits per heavy atom. The number of nitrogens with one attached hydrogen (secondary N) is 2. The molecular formula is C19H19ClN2O2. The predicted octanol–water partition coefficient (Wildman–Crippen LogP) is 3.23. The first-order chi connectivity index (χ1) is 11.6. The SMILES string of the molecule is C=CCNC(=O)c1cccc(C(=O)NCCc2cccc(Cl)c2)c1. The minimum Gasteiger partial charge on any atom is -0.352 e. The first-order valence-electron chi connectivity index (χ1n) is 7.62. The van der Waals surface area contributed by atoms with Crippen molar-refractivity contribution in [3.63, 3.8) is 0 Å². The summed E-state index contributed by atoms with van der Waals surface area (Å²) >= 11 is 5.93. The van der Waals surface area contributed by atoms with Gasteiger partial charge < -0.3 is 10.6 Å². The lowest BCUT2D eigenvalue weighted by molar-refractivity contribution is 0.0954. The van der Waals surface area contributed by atoms with Crippen molar-refractivity contribution in [2.75, 3.05) is 13.1 Å². The second kappa shape index (κ2) is 8.89. The second-order valence-electron chi connectivity index (χ2n) is 5.22. The van der Waals surface area contributed by atoms with Gasteiger partial charge in [-0.25, -0.2) is 0 Å². The molecule has 5 heteroatoms. The predicted molar refractivity (Wildman–Crippen MR) is 96.5 cm³/mol. The summed E-state index contributed by atoms with van der Waals surface area (Å²) in [5.41, 5.74) is 1.95. The highest BCUT2D eigenvalue weighted by Crippen LogP contribution is 2.11. The molecular weight excluding hydrogens is 324 g/mol. The second-order valence-corrected chi connectivity index (χ2v) is 5.65. The van der Waals surface area contributed by atoms with Crippen LogP contribution in [0.5, 0.6) is 0 Å². The van der Waals surface area contributed by atoms with Gasteiger partial charge in [0.15, 0.2) is 0 Å². The van der Waals surface area contributed by atoms with Gasteiger partial charge in [-0.2, -0.15) is 0 Å². The number of benzene rings is 2.